The molecule has 0 N–H and O–H groups in total. The van der Waals surface area contributed by atoms with Gasteiger partial charge < -0.3 is 8.83 Å². The van der Waals surface area contributed by atoms with Crippen molar-refractivity contribution in [2.45, 2.75) is 76.0 Å². The zero-order chi connectivity index (χ0) is 18.8. The van der Waals surface area contributed by atoms with Crippen LogP contribution in [0.15, 0.2) is 33.1 Å². The van der Waals surface area contributed by atoms with Crippen molar-refractivity contribution < 1.29 is 8.83 Å². The SMILES string of the molecule is c1cc(-c2nnc(C3CCCCC3)o2)ccc1-c1nnc(C2CCCCC2)o1. The lowest BCUT2D eigenvalue weighted by Crippen LogP contribution is -2.04. The number of rotatable bonds is 4. The Bertz CT molecular complexity index is 828. The Balaban J connectivity index is 1.31. The number of hydrogen-bond acceptors (Lipinski definition) is 6. The van der Waals surface area contributed by atoms with Gasteiger partial charge in [0.15, 0.2) is 0 Å². The van der Waals surface area contributed by atoms with Crippen molar-refractivity contribution >= 4 is 0 Å². The van der Waals surface area contributed by atoms with Crippen LogP contribution in [0.25, 0.3) is 22.9 Å². The minimum Gasteiger partial charge on any atom is -0.420 e. The Kier molecular flexibility index (Phi) is 4.93. The summed E-state index contributed by atoms with van der Waals surface area (Å²) in [6, 6.07) is 7.94. The van der Waals surface area contributed by atoms with Crippen LogP contribution in [0.1, 0.15) is 87.8 Å². The van der Waals surface area contributed by atoms with Gasteiger partial charge in [0.2, 0.25) is 23.6 Å². The Morgan fingerprint density at radius 3 is 1.32 bits per heavy atom. The van der Waals surface area contributed by atoms with Crippen LogP contribution in [0, 0.1) is 0 Å². The second-order valence-electron chi connectivity index (χ2n) is 8.14. The lowest BCUT2D eigenvalue weighted by Gasteiger charge is -2.17. The highest BCUT2D eigenvalue weighted by Crippen LogP contribution is 2.35. The Morgan fingerprint density at radius 2 is 0.929 bits per heavy atom. The zero-order valence-corrected chi connectivity index (χ0v) is 16.1. The molecule has 0 unspecified atom stereocenters. The topological polar surface area (TPSA) is 77.8 Å². The number of hydrogen-bond donors (Lipinski definition) is 0. The molecule has 0 radical (unpaired) electrons. The van der Waals surface area contributed by atoms with E-state index in [1.165, 1.54) is 38.5 Å². The monoisotopic (exact) mass is 378 g/mol. The maximum Gasteiger partial charge on any atom is 0.247 e. The number of aromatic nitrogens is 4. The van der Waals surface area contributed by atoms with Gasteiger partial charge in [0.05, 0.1) is 0 Å². The third-order valence-electron chi connectivity index (χ3n) is 6.17. The lowest BCUT2D eigenvalue weighted by atomic mass is 9.89. The minimum atomic E-state index is 0.422. The van der Waals surface area contributed by atoms with Crippen LogP contribution in [0.3, 0.4) is 0 Å². The first-order valence-electron chi connectivity index (χ1n) is 10.6. The van der Waals surface area contributed by atoms with E-state index < -0.39 is 0 Å². The molecule has 0 aliphatic heterocycles. The quantitative estimate of drug-likeness (QED) is 0.564. The highest BCUT2D eigenvalue weighted by atomic mass is 16.4. The maximum atomic E-state index is 5.96. The molecule has 5 rings (SSSR count). The van der Waals surface area contributed by atoms with Gasteiger partial charge in [-0.3, -0.25) is 0 Å². The largest absolute Gasteiger partial charge is 0.420 e. The first-order valence-corrected chi connectivity index (χ1v) is 10.6. The molecule has 2 fully saturated rings. The molecular formula is C22H26N4O2. The first kappa shape index (κ1) is 17.6. The summed E-state index contributed by atoms with van der Waals surface area (Å²) in [5.74, 6) is 3.58. The van der Waals surface area contributed by atoms with Crippen LogP contribution in [0.4, 0.5) is 0 Å². The van der Waals surface area contributed by atoms with E-state index in [9.17, 15) is 0 Å². The molecule has 6 nitrogen and oxygen atoms in total. The summed E-state index contributed by atoms with van der Waals surface area (Å²) >= 11 is 0. The summed E-state index contributed by atoms with van der Waals surface area (Å²) in [4.78, 5) is 0. The summed E-state index contributed by atoms with van der Waals surface area (Å²) < 4.78 is 11.9. The molecule has 28 heavy (non-hydrogen) atoms. The van der Waals surface area contributed by atoms with Gasteiger partial charge in [0.1, 0.15) is 0 Å². The van der Waals surface area contributed by atoms with Crippen LogP contribution in [0.2, 0.25) is 0 Å². The molecule has 3 aromatic rings. The second kappa shape index (κ2) is 7.86. The standard InChI is InChI=1S/C22H26N4O2/c1-3-7-15(8-4-1)19-23-25-21(27-19)17-11-13-18(14-12-17)22-26-24-20(28-22)16-9-5-2-6-10-16/h11-16H,1-10H2. The Morgan fingerprint density at radius 1 is 0.536 bits per heavy atom. The molecule has 2 aromatic heterocycles. The van der Waals surface area contributed by atoms with Crippen molar-refractivity contribution in [3.8, 4) is 22.9 Å². The molecule has 2 heterocycles. The molecule has 2 aliphatic rings. The summed E-state index contributed by atoms with van der Waals surface area (Å²) in [5.41, 5.74) is 1.84. The van der Waals surface area contributed by atoms with Crippen molar-refractivity contribution in [3.63, 3.8) is 0 Å². The fourth-order valence-electron chi connectivity index (χ4n) is 4.49. The van der Waals surface area contributed by atoms with E-state index in [2.05, 4.69) is 20.4 Å². The minimum absolute atomic E-state index is 0.422. The van der Waals surface area contributed by atoms with E-state index in [1.807, 2.05) is 24.3 Å². The van der Waals surface area contributed by atoms with Gasteiger partial charge in [-0.2, -0.15) is 0 Å². The van der Waals surface area contributed by atoms with E-state index >= 15 is 0 Å². The predicted molar refractivity (Wildman–Crippen MR) is 105 cm³/mol. The van der Waals surface area contributed by atoms with Crippen molar-refractivity contribution in [2.24, 2.45) is 0 Å². The van der Waals surface area contributed by atoms with Crippen molar-refractivity contribution in [1.29, 1.82) is 0 Å². The Labute approximate surface area is 164 Å². The second-order valence-corrected chi connectivity index (χ2v) is 8.14. The van der Waals surface area contributed by atoms with Gasteiger partial charge in [-0.1, -0.05) is 38.5 Å². The van der Waals surface area contributed by atoms with Gasteiger partial charge >= 0.3 is 0 Å². The van der Waals surface area contributed by atoms with Crippen LogP contribution in [0.5, 0.6) is 0 Å². The smallest absolute Gasteiger partial charge is 0.247 e. The summed E-state index contributed by atoms with van der Waals surface area (Å²) in [6.07, 6.45) is 12.3. The van der Waals surface area contributed by atoms with Gasteiger partial charge in [-0.25, -0.2) is 0 Å². The van der Waals surface area contributed by atoms with Crippen LogP contribution in [-0.4, -0.2) is 20.4 Å². The van der Waals surface area contributed by atoms with Gasteiger partial charge in [-0.15, -0.1) is 20.4 Å². The predicted octanol–water partition coefficient (Wildman–Crippen LogP) is 5.88. The van der Waals surface area contributed by atoms with Crippen LogP contribution >= 0.6 is 0 Å². The normalized spacial score (nSPS) is 19.1. The molecule has 1 aromatic carbocycles. The first-order chi connectivity index (χ1) is 13.9. The summed E-state index contributed by atoms with van der Waals surface area (Å²) in [5, 5.41) is 17.1. The summed E-state index contributed by atoms with van der Waals surface area (Å²) in [6.45, 7) is 0. The van der Waals surface area contributed by atoms with E-state index in [4.69, 9.17) is 8.83 Å². The fourth-order valence-corrected chi connectivity index (χ4v) is 4.49. The Hall–Kier alpha value is -2.50. The molecule has 2 saturated carbocycles. The van der Waals surface area contributed by atoms with Gasteiger partial charge in [0.25, 0.3) is 0 Å². The lowest BCUT2D eigenvalue weighted by molar-refractivity contribution is 0.367. The highest BCUT2D eigenvalue weighted by Gasteiger charge is 2.23. The van der Waals surface area contributed by atoms with Gasteiger partial charge in [0, 0.05) is 23.0 Å². The molecular weight excluding hydrogens is 352 g/mol. The highest BCUT2D eigenvalue weighted by molar-refractivity contribution is 5.61. The molecule has 2 aliphatic carbocycles. The average molecular weight is 378 g/mol. The molecule has 0 atom stereocenters. The van der Waals surface area contributed by atoms with Crippen molar-refractivity contribution in [3.05, 3.63) is 36.0 Å². The van der Waals surface area contributed by atoms with E-state index in [0.29, 0.717) is 23.6 Å². The molecule has 0 bridgehead atoms. The molecule has 0 amide bonds. The third-order valence-corrected chi connectivity index (χ3v) is 6.17. The molecule has 6 heteroatoms. The van der Waals surface area contributed by atoms with Gasteiger partial charge in [-0.05, 0) is 49.9 Å². The zero-order valence-electron chi connectivity index (χ0n) is 16.1. The fraction of sp³-hybridized carbons (Fsp3) is 0.545. The molecule has 146 valence electrons. The third kappa shape index (κ3) is 3.60. The summed E-state index contributed by atoms with van der Waals surface area (Å²) in [7, 11) is 0. The number of nitrogens with zero attached hydrogens (tertiary/aromatic N) is 4. The molecule has 0 spiro atoms. The molecule has 0 saturated heterocycles. The van der Waals surface area contributed by atoms with E-state index in [1.54, 1.807) is 0 Å². The van der Waals surface area contributed by atoms with E-state index in [-0.39, 0.29) is 0 Å². The van der Waals surface area contributed by atoms with Crippen molar-refractivity contribution in [1.82, 2.24) is 20.4 Å². The van der Waals surface area contributed by atoms with E-state index in [0.717, 1.165) is 48.6 Å². The average Bonchev–Trinajstić information content (AvgIpc) is 3.46. The van der Waals surface area contributed by atoms with Crippen molar-refractivity contribution in [2.75, 3.05) is 0 Å². The maximum absolute atomic E-state index is 5.96. The van der Waals surface area contributed by atoms with Crippen LogP contribution in [-0.2, 0) is 0 Å². The van der Waals surface area contributed by atoms with Crippen LogP contribution < -0.4 is 0 Å². The number of benzene rings is 1.